The quantitative estimate of drug-likeness (QED) is 0.828. The molecular formula is C12H14Cl3N3. The van der Waals surface area contributed by atoms with Gasteiger partial charge in [-0.15, -0.1) is 23.2 Å². The zero-order valence-electron chi connectivity index (χ0n) is 9.80. The van der Waals surface area contributed by atoms with Crippen LogP contribution in [0, 0.1) is 0 Å². The summed E-state index contributed by atoms with van der Waals surface area (Å²) in [5.41, 5.74) is 1.88. The van der Waals surface area contributed by atoms with Gasteiger partial charge in [-0.25, -0.2) is 4.98 Å². The molecule has 0 aliphatic carbocycles. The Morgan fingerprint density at radius 3 is 2.56 bits per heavy atom. The second-order valence-corrected chi connectivity index (χ2v) is 5.19. The van der Waals surface area contributed by atoms with E-state index in [-0.39, 0.29) is 0 Å². The Morgan fingerprint density at radius 1 is 1.17 bits per heavy atom. The van der Waals surface area contributed by atoms with Gasteiger partial charge in [0.05, 0.1) is 17.6 Å². The molecular weight excluding hydrogens is 293 g/mol. The van der Waals surface area contributed by atoms with Gasteiger partial charge in [-0.05, 0) is 18.2 Å². The van der Waals surface area contributed by atoms with Crippen molar-refractivity contribution in [3.63, 3.8) is 0 Å². The highest BCUT2D eigenvalue weighted by Crippen LogP contribution is 2.17. The Balaban J connectivity index is 2.14. The van der Waals surface area contributed by atoms with E-state index >= 15 is 0 Å². The topological polar surface area (TPSA) is 31.9 Å². The van der Waals surface area contributed by atoms with Crippen molar-refractivity contribution in [1.29, 1.82) is 0 Å². The second-order valence-electron chi connectivity index (χ2n) is 4.00. The summed E-state index contributed by atoms with van der Waals surface area (Å²) in [6, 6.07) is 5.62. The summed E-state index contributed by atoms with van der Waals surface area (Å²) in [6.07, 6.45) is 0. The molecule has 0 unspecified atom stereocenters. The van der Waals surface area contributed by atoms with Crippen molar-refractivity contribution in [1.82, 2.24) is 14.9 Å². The van der Waals surface area contributed by atoms with E-state index in [0.29, 0.717) is 23.3 Å². The predicted molar refractivity (Wildman–Crippen MR) is 77.8 cm³/mol. The number of rotatable bonds is 6. The predicted octanol–water partition coefficient (Wildman–Crippen LogP) is 3.50. The largest absolute Gasteiger partial charge is 0.341 e. The fourth-order valence-electron chi connectivity index (χ4n) is 1.83. The van der Waals surface area contributed by atoms with Crippen LogP contribution in [0.3, 0.4) is 0 Å². The summed E-state index contributed by atoms with van der Waals surface area (Å²) < 4.78 is 0. The molecule has 0 atom stereocenters. The van der Waals surface area contributed by atoms with E-state index in [4.69, 9.17) is 34.8 Å². The Labute approximate surface area is 121 Å². The van der Waals surface area contributed by atoms with Crippen LogP contribution in [-0.2, 0) is 6.54 Å². The number of benzene rings is 1. The molecule has 2 aromatic rings. The zero-order valence-corrected chi connectivity index (χ0v) is 12.1. The van der Waals surface area contributed by atoms with Crippen molar-refractivity contribution in [3.8, 4) is 0 Å². The van der Waals surface area contributed by atoms with Gasteiger partial charge >= 0.3 is 0 Å². The normalized spacial score (nSPS) is 11.6. The molecule has 0 saturated carbocycles. The maximum atomic E-state index is 5.94. The van der Waals surface area contributed by atoms with Gasteiger partial charge in [-0.2, -0.15) is 0 Å². The lowest BCUT2D eigenvalue weighted by Gasteiger charge is -2.18. The molecule has 0 spiro atoms. The number of nitrogens with one attached hydrogen (secondary N) is 1. The van der Waals surface area contributed by atoms with Crippen molar-refractivity contribution in [2.75, 3.05) is 24.8 Å². The third-order valence-electron chi connectivity index (χ3n) is 2.67. The number of hydrogen-bond donors (Lipinski definition) is 1. The van der Waals surface area contributed by atoms with Crippen molar-refractivity contribution < 1.29 is 0 Å². The minimum atomic E-state index is 0.586. The highest BCUT2D eigenvalue weighted by Gasteiger charge is 2.08. The van der Waals surface area contributed by atoms with Crippen LogP contribution in [0.2, 0.25) is 5.02 Å². The first-order valence-electron chi connectivity index (χ1n) is 5.71. The van der Waals surface area contributed by atoms with Crippen LogP contribution in [0.4, 0.5) is 0 Å². The van der Waals surface area contributed by atoms with Crippen molar-refractivity contribution >= 4 is 45.8 Å². The summed E-state index contributed by atoms with van der Waals surface area (Å²) in [7, 11) is 0. The number of halogens is 3. The molecule has 0 aliphatic heterocycles. The lowest BCUT2D eigenvalue weighted by atomic mass is 10.3. The number of fused-ring (bicyclic) bond motifs is 1. The van der Waals surface area contributed by atoms with Crippen LogP contribution >= 0.6 is 34.8 Å². The zero-order chi connectivity index (χ0) is 13.0. The van der Waals surface area contributed by atoms with Crippen LogP contribution < -0.4 is 0 Å². The number of aromatic nitrogens is 2. The third kappa shape index (κ3) is 3.51. The molecule has 0 amide bonds. The number of aromatic amines is 1. The van der Waals surface area contributed by atoms with E-state index in [2.05, 4.69) is 14.9 Å². The Hall–Kier alpha value is -0.480. The first-order chi connectivity index (χ1) is 8.72. The first-order valence-corrected chi connectivity index (χ1v) is 7.16. The van der Waals surface area contributed by atoms with E-state index in [1.54, 1.807) is 0 Å². The van der Waals surface area contributed by atoms with Gasteiger partial charge in [0.25, 0.3) is 0 Å². The van der Waals surface area contributed by atoms with E-state index in [9.17, 15) is 0 Å². The van der Waals surface area contributed by atoms with E-state index < -0.39 is 0 Å². The molecule has 0 fully saturated rings. The fourth-order valence-corrected chi connectivity index (χ4v) is 2.48. The Kier molecular flexibility index (Phi) is 5.13. The van der Waals surface area contributed by atoms with Crippen LogP contribution in [0.25, 0.3) is 11.0 Å². The maximum absolute atomic E-state index is 5.94. The van der Waals surface area contributed by atoms with Crippen LogP contribution in [-0.4, -0.2) is 39.7 Å². The van der Waals surface area contributed by atoms with Crippen molar-refractivity contribution in [2.24, 2.45) is 0 Å². The summed E-state index contributed by atoms with van der Waals surface area (Å²) >= 11 is 17.5. The maximum Gasteiger partial charge on any atom is 0.121 e. The van der Waals surface area contributed by atoms with Gasteiger partial charge < -0.3 is 4.98 Å². The number of nitrogens with zero attached hydrogens (tertiary/aromatic N) is 2. The number of hydrogen-bond acceptors (Lipinski definition) is 2. The molecule has 0 radical (unpaired) electrons. The molecule has 0 saturated heterocycles. The molecule has 3 nitrogen and oxygen atoms in total. The summed E-state index contributed by atoms with van der Waals surface area (Å²) in [6.45, 7) is 2.31. The van der Waals surface area contributed by atoms with Gasteiger partial charge in [-0.3, -0.25) is 4.90 Å². The molecule has 1 aromatic heterocycles. The van der Waals surface area contributed by atoms with Gasteiger partial charge in [0.2, 0.25) is 0 Å². The van der Waals surface area contributed by atoms with Crippen LogP contribution in [0.1, 0.15) is 5.82 Å². The van der Waals surface area contributed by atoms with E-state index in [0.717, 1.165) is 29.9 Å². The van der Waals surface area contributed by atoms with Crippen LogP contribution in [0.5, 0.6) is 0 Å². The van der Waals surface area contributed by atoms with Gasteiger partial charge in [0.1, 0.15) is 5.82 Å². The van der Waals surface area contributed by atoms with Gasteiger partial charge in [0, 0.05) is 29.9 Å². The highest BCUT2D eigenvalue weighted by molar-refractivity contribution is 6.31. The summed E-state index contributed by atoms with van der Waals surface area (Å²) in [5.74, 6) is 2.08. The van der Waals surface area contributed by atoms with Gasteiger partial charge in [-0.1, -0.05) is 11.6 Å². The fraction of sp³-hybridized carbons (Fsp3) is 0.417. The Morgan fingerprint density at radius 2 is 1.89 bits per heavy atom. The standard InChI is InChI=1S/C12H14Cl3N3/c13-3-5-18(6-4-14)8-12-16-10-2-1-9(15)7-11(10)17-12/h1-2,7H,3-6,8H2,(H,16,17). The highest BCUT2D eigenvalue weighted by atomic mass is 35.5. The lowest BCUT2D eigenvalue weighted by Crippen LogP contribution is -2.27. The minimum absolute atomic E-state index is 0.586. The Bertz CT molecular complexity index is 506. The van der Waals surface area contributed by atoms with E-state index in [1.807, 2.05) is 18.2 Å². The molecule has 1 N–H and O–H groups in total. The number of alkyl halides is 2. The molecule has 1 heterocycles. The summed E-state index contributed by atoms with van der Waals surface area (Å²) in [4.78, 5) is 9.94. The average molecular weight is 307 g/mol. The molecule has 0 aliphatic rings. The monoisotopic (exact) mass is 305 g/mol. The van der Waals surface area contributed by atoms with Crippen molar-refractivity contribution in [2.45, 2.75) is 6.54 Å². The molecule has 0 bridgehead atoms. The van der Waals surface area contributed by atoms with E-state index in [1.165, 1.54) is 0 Å². The smallest absolute Gasteiger partial charge is 0.121 e. The third-order valence-corrected chi connectivity index (χ3v) is 3.24. The number of H-pyrrole nitrogens is 1. The first kappa shape index (κ1) is 13.9. The lowest BCUT2D eigenvalue weighted by molar-refractivity contribution is 0.293. The second kappa shape index (κ2) is 6.62. The number of imidazole rings is 1. The average Bonchev–Trinajstić information content (AvgIpc) is 2.71. The summed E-state index contributed by atoms with van der Waals surface area (Å²) in [5, 5.41) is 0.705. The van der Waals surface area contributed by atoms with Crippen LogP contribution in [0.15, 0.2) is 18.2 Å². The molecule has 2 rings (SSSR count). The van der Waals surface area contributed by atoms with Gasteiger partial charge in [0.15, 0.2) is 0 Å². The van der Waals surface area contributed by atoms with Crippen molar-refractivity contribution in [3.05, 3.63) is 29.0 Å². The molecule has 6 heteroatoms. The molecule has 1 aromatic carbocycles. The molecule has 18 heavy (non-hydrogen) atoms. The SMILES string of the molecule is ClCCN(CCCl)Cc1nc2ccc(Cl)cc2[nH]1. The molecule has 98 valence electrons. The minimum Gasteiger partial charge on any atom is -0.341 e.